The number of esters is 4. The number of para-hydroxylation sites is 4. The second-order valence-corrected chi connectivity index (χ2v) is 10.2. The standard InChI is InChI=1S/C33H32N4O8/c34-25-13-5-1-9-21(25)29(38)42-17-33(18-43-30(39)22-10-2-6-14-26(22)35,19-44-31(40)23-11-3-7-15-27(23)36)20-45-32(41)24-12-4-8-16-28(24)37/h1-16H,17-20,34-37H2. The first-order valence-corrected chi connectivity index (χ1v) is 13.7. The SMILES string of the molecule is Nc1ccccc1C(=O)OCC(COC(=O)c1ccccc1N)(COC(=O)c1ccccc1N)COC(=O)c1ccccc1N. The molecule has 0 radical (unpaired) electrons. The third kappa shape index (κ3) is 8.08. The molecule has 0 spiro atoms. The Balaban J connectivity index is 1.65. The molecule has 4 rings (SSSR count). The normalized spacial score (nSPS) is 10.8. The number of carbonyl (C=O) groups is 4. The van der Waals surface area contributed by atoms with Crippen LogP contribution >= 0.6 is 0 Å². The number of carbonyl (C=O) groups excluding carboxylic acids is 4. The van der Waals surface area contributed by atoms with E-state index < -0.39 is 55.7 Å². The summed E-state index contributed by atoms with van der Waals surface area (Å²) in [5.41, 5.74) is 23.1. The predicted molar refractivity (Wildman–Crippen MR) is 167 cm³/mol. The van der Waals surface area contributed by atoms with E-state index >= 15 is 0 Å². The number of ether oxygens (including phenoxy) is 4. The topological polar surface area (TPSA) is 209 Å². The smallest absolute Gasteiger partial charge is 0.340 e. The van der Waals surface area contributed by atoms with Crippen molar-refractivity contribution in [1.82, 2.24) is 0 Å². The molecule has 4 aromatic rings. The van der Waals surface area contributed by atoms with Crippen LogP contribution in [0.3, 0.4) is 0 Å². The Morgan fingerprint density at radius 2 is 0.600 bits per heavy atom. The number of hydrogen-bond acceptors (Lipinski definition) is 12. The lowest BCUT2D eigenvalue weighted by molar-refractivity contribution is -0.0640. The van der Waals surface area contributed by atoms with E-state index in [4.69, 9.17) is 41.9 Å². The largest absolute Gasteiger partial charge is 0.461 e. The van der Waals surface area contributed by atoms with Crippen molar-refractivity contribution in [2.24, 2.45) is 5.41 Å². The molecule has 12 heteroatoms. The molecule has 0 amide bonds. The molecule has 0 fully saturated rings. The van der Waals surface area contributed by atoms with E-state index in [1.54, 1.807) is 48.5 Å². The lowest BCUT2D eigenvalue weighted by Crippen LogP contribution is -2.44. The van der Waals surface area contributed by atoms with Crippen LogP contribution in [-0.2, 0) is 18.9 Å². The van der Waals surface area contributed by atoms with E-state index in [1.165, 1.54) is 48.5 Å². The van der Waals surface area contributed by atoms with E-state index in [-0.39, 0.29) is 45.0 Å². The predicted octanol–water partition coefficient (Wildman–Crippen LogP) is 3.73. The molecule has 232 valence electrons. The van der Waals surface area contributed by atoms with Gasteiger partial charge in [-0.2, -0.15) is 0 Å². The fourth-order valence-electron chi connectivity index (χ4n) is 4.17. The van der Waals surface area contributed by atoms with Crippen LogP contribution in [0.5, 0.6) is 0 Å². The fourth-order valence-corrected chi connectivity index (χ4v) is 4.17. The summed E-state index contributed by atoms with van der Waals surface area (Å²) < 4.78 is 22.4. The van der Waals surface area contributed by atoms with Gasteiger partial charge in [0.1, 0.15) is 31.8 Å². The molecule has 45 heavy (non-hydrogen) atoms. The third-order valence-electron chi connectivity index (χ3n) is 6.76. The van der Waals surface area contributed by atoms with Gasteiger partial charge in [-0.1, -0.05) is 48.5 Å². The fraction of sp³-hybridized carbons (Fsp3) is 0.152. The Bertz CT molecular complexity index is 1460. The Morgan fingerprint density at radius 3 is 0.800 bits per heavy atom. The van der Waals surface area contributed by atoms with Gasteiger partial charge in [0.05, 0.1) is 22.3 Å². The van der Waals surface area contributed by atoms with Crippen molar-refractivity contribution in [1.29, 1.82) is 0 Å². The Hall–Kier alpha value is -6.04. The molecule has 0 aromatic heterocycles. The van der Waals surface area contributed by atoms with Gasteiger partial charge in [0.25, 0.3) is 0 Å². The van der Waals surface area contributed by atoms with Gasteiger partial charge < -0.3 is 41.9 Å². The number of rotatable bonds is 12. The number of benzene rings is 4. The maximum atomic E-state index is 13.0. The van der Waals surface area contributed by atoms with Gasteiger partial charge in [-0.05, 0) is 48.5 Å². The second-order valence-electron chi connectivity index (χ2n) is 10.2. The van der Waals surface area contributed by atoms with Crippen LogP contribution in [0, 0.1) is 5.41 Å². The summed E-state index contributed by atoms with van der Waals surface area (Å²) in [6.07, 6.45) is 0. The molecule has 0 atom stereocenters. The molecule has 0 saturated carbocycles. The Kier molecular flexibility index (Phi) is 10.2. The number of anilines is 4. The molecular weight excluding hydrogens is 580 g/mol. The van der Waals surface area contributed by atoms with E-state index in [2.05, 4.69) is 0 Å². The number of nitrogens with two attached hydrogens (primary N) is 4. The molecule has 0 heterocycles. The minimum absolute atomic E-state index is 0.0727. The molecule has 0 unspecified atom stereocenters. The van der Waals surface area contributed by atoms with E-state index in [0.29, 0.717) is 0 Å². The van der Waals surface area contributed by atoms with Gasteiger partial charge in [-0.25, -0.2) is 19.2 Å². The van der Waals surface area contributed by atoms with Crippen LogP contribution < -0.4 is 22.9 Å². The van der Waals surface area contributed by atoms with Crippen molar-refractivity contribution in [3.8, 4) is 0 Å². The van der Waals surface area contributed by atoms with Crippen LogP contribution in [0.2, 0.25) is 0 Å². The van der Waals surface area contributed by atoms with E-state index in [9.17, 15) is 19.2 Å². The van der Waals surface area contributed by atoms with Crippen LogP contribution in [0.15, 0.2) is 97.1 Å². The minimum Gasteiger partial charge on any atom is -0.461 e. The highest BCUT2D eigenvalue weighted by Gasteiger charge is 2.39. The van der Waals surface area contributed by atoms with Crippen LogP contribution in [0.1, 0.15) is 41.4 Å². The van der Waals surface area contributed by atoms with Crippen LogP contribution in [-0.4, -0.2) is 50.3 Å². The van der Waals surface area contributed by atoms with Gasteiger partial charge >= 0.3 is 23.9 Å². The Labute approximate surface area is 258 Å². The van der Waals surface area contributed by atoms with Crippen molar-refractivity contribution in [3.63, 3.8) is 0 Å². The van der Waals surface area contributed by atoms with Gasteiger partial charge in [-0.15, -0.1) is 0 Å². The highest BCUT2D eigenvalue weighted by molar-refractivity contribution is 5.97. The second kappa shape index (κ2) is 14.4. The highest BCUT2D eigenvalue weighted by atomic mass is 16.6. The highest BCUT2D eigenvalue weighted by Crippen LogP contribution is 2.26. The average Bonchev–Trinajstić information content (AvgIpc) is 3.04. The molecule has 0 bridgehead atoms. The first kappa shape index (κ1) is 31.9. The summed E-state index contributed by atoms with van der Waals surface area (Å²) in [7, 11) is 0. The average molecular weight is 613 g/mol. The van der Waals surface area contributed by atoms with Crippen molar-refractivity contribution >= 4 is 46.6 Å². The molecular formula is C33H32N4O8. The van der Waals surface area contributed by atoms with Crippen molar-refractivity contribution in [2.75, 3.05) is 49.4 Å². The number of hydrogen-bond donors (Lipinski definition) is 4. The van der Waals surface area contributed by atoms with E-state index in [0.717, 1.165) is 0 Å². The molecule has 0 saturated heterocycles. The first-order valence-electron chi connectivity index (χ1n) is 13.7. The van der Waals surface area contributed by atoms with Gasteiger partial charge in [0.2, 0.25) is 0 Å². The summed E-state index contributed by atoms with van der Waals surface area (Å²) in [6.45, 7) is -2.14. The molecule has 12 nitrogen and oxygen atoms in total. The quantitative estimate of drug-likeness (QED) is 0.102. The maximum absolute atomic E-state index is 13.0. The van der Waals surface area contributed by atoms with Gasteiger partial charge in [0, 0.05) is 22.7 Å². The van der Waals surface area contributed by atoms with Crippen LogP contribution in [0.4, 0.5) is 22.7 Å². The lowest BCUT2D eigenvalue weighted by atomic mass is 9.91. The first-order chi connectivity index (χ1) is 21.6. The zero-order valence-electron chi connectivity index (χ0n) is 24.1. The van der Waals surface area contributed by atoms with Gasteiger partial charge in [-0.3, -0.25) is 0 Å². The molecule has 8 N–H and O–H groups in total. The Morgan fingerprint density at radius 1 is 0.400 bits per heavy atom. The van der Waals surface area contributed by atoms with Crippen molar-refractivity contribution < 1.29 is 38.1 Å². The van der Waals surface area contributed by atoms with Crippen molar-refractivity contribution in [2.45, 2.75) is 0 Å². The lowest BCUT2D eigenvalue weighted by Gasteiger charge is -2.31. The van der Waals surface area contributed by atoms with E-state index in [1.807, 2.05) is 0 Å². The minimum atomic E-state index is -1.61. The summed E-state index contributed by atoms with van der Waals surface area (Å²) in [6, 6.07) is 24.9. The van der Waals surface area contributed by atoms with Gasteiger partial charge in [0.15, 0.2) is 0 Å². The third-order valence-corrected chi connectivity index (χ3v) is 6.76. The molecule has 0 aliphatic heterocycles. The summed E-state index contributed by atoms with van der Waals surface area (Å²) >= 11 is 0. The summed E-state index contributed by atoms with van der Waals surface area (Å²) in [5.74, 6) is -3.25. The summed E-state index contributed by atoms with van der Waals surface area (Å²) in [5, 5.41) is 0. The molecule has 4 aromatic carbocycles. The zero-order valence-corrected chi connectivity index (χ0v) is 24.1. The molecule has 0 aliphatic rings. The number of nitrogen functional groups attached to an aromatic ring is 4. The summed E-state index contributed by atoms with van der Waals surface area (Å²) in [4.78, 5) is 52.2. The monoisotopic (exact) mass is 612 g/mol. The van der Waals surface area contributed by atoms with Crippen molar-refractivity contribution in [3.05, 3.63) is 119 Å². The van der Waals surface area contributed by atoms with Crippen LogP contribution in [0.25, 0.3) is 0 Å². The maximum Gasteiger partial charge on any atom is 0.340 e. The molecule has 0 aliphatic carbocycles. The zero-order chi connectivity index (χ0) is 32.4.